The lowest BCUT2D eigenvalue weighted by Crippen LogP contribution is -2.35. The highest BCUT2D eigenvalue weighted by atomic mass is 32.2. The molecule has 1 heterocycles. The molecule has 1 aromatic heterocycles. The topological polar surface area (TPSA) is 79.0 Å². The molecule has 0 amide bonds. The van der Waals surface area contributed by atoms with Gasteiger partial charge >= 0.3 is 0 Å². The van der Waals surface area contributed by atoms with Crippen molar-refractivity contribution in [3.8, 4) is 0 Å². The van der Waals surface area contributed by atoms with Crippen molar-refractivity contribution >= 4 is 10.0 Å². The number of hydrogen-bond donors (Lipinski definition) is 2. The van der Waals surface area contributed by atoms with Gasteiger partial charge in [-0.2, -0.15) is 0 Å². The molecule has 1 atom stereocenters. The molecular formula is C11H18N2O3S. The van der Waals surface area contributed by atoms with E-state index in [2.05, 4.69) is 9.71 Å². The van der Waals surface area contributed by atoms with Gasteiger partial charge in [0.15, 0.2) is 0 Å². The van der Waals surface area contributed by atoms with Gasteiger partial charge in [0.2, 0.25) is 15.5 Å². The van der Waals surface area contributed by atoms with Crippen LogP contribution in [0.3, 0.4) is 0 Å². The summed E-state index contributed by atoms with van der Waals surface area (Å²) in [4.78, 5) is 13.8. The second-order valence-electron chi connectivity index (χ2n) is 4.52. The predicted molar refractivity (Wildman–Crippen MR) is 66.3 cm³/mol. The van der Waals surface area contributed by atoms with E-state index in [1.807, 2.05) is 13.8 Å². The molecule has 0 spiro atoms. The van der Waals surface area contributed by atoms with Crippen LogP contribution in [0.4, 0.5) is 0 Å². The Morgan fingerprint density at radius 2 is 2.00 bits per heavy atom. The largest absolute Gasteiger partial charge is 0.366 e. The molecule has 96 valence electrons. The van der Waals surface area contributed by atoms with Crippen molar-refractivity contribution in [2.75, 3.05) is 0 Å². The maximum Gasteiger partial charge on any atom is 0.246 e. The molecule has 1 aromatic rings. The summed E-state index contributed by atoms with van der Waals surface area (Å²) >= 11 is 0. The van der Waals surface area contributed by atoms with Crippen molar-refractivity contribution in [3.05, 3.63) is 28.7 Å². The Bertz CT molecular complexity index is 520. The number of H-pyrrole nitrogens is 1. The molecule has 6 heteroatoms. The van der Waals surface area contributed by atoms with Gasteiger partial charge in [-0.3, -0.25) is 4.79 Å². The molecule has 17 heavy (non-hydrogen) atoms. The summed E-state index contributed by atoms with van der Waals surface area (Å²) in [6, 6.07) is 1.00. The molecule has 0 aliphatic rings. The molecule has 0 aliphatic heterocycles. The summed E-state index contributed by atoms with van der Waals surface area (Å²) in [5, 5.41) is 0. The minimum Gasteiger partial charge on any atom is -0.366 e. The van der Waals surface area contributed by atoms with E-state index in [0.717, 1.165) is 6.42 Å². The molecule has 0 saturated carbocycles. The first-order valence-corrected chi connectivity index (χ1v) is 7.00. The molecule has 0 aromatic carbocycles. The van der Waals surface area contributed by atoms with Crippen LogP contribution in [0.2, 0.25) is 0 Å². The highest BCUT2D eigenvalue weighted by Crippen LogP contribution is 2.07. The summed E-state index contributed by atoms with van der Waals surface area (Å²) in [5.74, 6) is 0.391. The van der Waals surface area contributed by atoms with Gasteiger partial charge in [0.25, 0.3) is 0 Å². The first-order valence-electron chi connectivity index (χ1n) is 5.52. The minimum absolute atomic E-state index is 0.195. The van der Waals surface area contributed by atoms with Crippen LogP contribution in [0.1, 0.15) is 27.2 Å². The van der Waals surface area contributed by atoms with Gasteiger partial charge in [0.05, 0.1) is 0 Å². The average molecular weight is 258 g/mol. The third kappa shape index (κ3) is 3.98. The van der Waals surface area contributed by atoms with Crippen molar-refractivity contribution in [2.24, 2.45) is 5.92 Å². The van der Waals surface area contributed by atoms with Gasteiger partial charge in [-0.25, -0.2) is 13.1 Å². The standard InChI is InChI=1S/C11H18N2O3S/c1-8(2)6-9(3)13-17(15,16)11-7-12-5-4-10(11)14/h4-5,7-9,13H,6H2,1-3H3,(H,12,14). The van der Waals surface area contributed by atoms with Crippen LogP contribution in [-0.2, 0) is 10.0 Å². The number of hydrogen-bond acceptors (Lipinski definition) is 3. The average Bonchev–Trinajstić information content (AvgIpc) is 2.15. The highest BCUT2D eigenvalue weighted by Gasteiger charge is 2.20. The van der Waals surface area contributed by atoms with Crippen molar-refractivity contribution in [3.63, 3.8) is 0 Å². The van der Waals surface area contributed by atoms with Gasteiger partial charge < -0.3 is 4.98 Å². The lowest BCUT2D eigenvalue weighted by molar-refractivity contribution is 0.482. The van der Waals surface area contributed by atoms with E-state index in [1.165, 1.54) is 18.5 Å². The maximum atomic E-state index is 11.9. The molecule has 0 aliphatic carbocycles. The maximum absolute atomic E-state index is 11.9. The van der Waals surface area contributed by atoms with E-state index in [4.69, 9.17) is 0 Å². The molecule has 0 saturated heterocycles. The Hall–Kier alpha value is -1.14. The fourth-order valence-electron chi connectivity index (χ4n) is 1.69. The number of nitrogens with one attached hydrogen (secondary N) is 2. The molecule has 0 bridgehead atoms. The number of sulfonamides is 1. The summed E-state index contributed by atoms with van der Waals surface area (Å²) in [6.07, 6.45) is 3.33. The van der Waals surface area contributed by atoms with E-state index < -0.39 is 15.5 Å². The quantitative estimate of drug-likeness (QED) is 0.829. The van der Waals surface area contributed by atoms with Gasteiger partial charge in [-0.05, 0) is 19.3 Å². The first kappa shape index (κ1) is 13.9. The third-order valence-corrected chi connectivity index (χ3v) is 3.87. The lowest BCUT2D eigenvalue weighted by atomic mass is 10.1. The number of rotatable bonds is 5. The summed E-state index contributed by atoms with van der Waals surface area (Å²) < 4.78 is 26.3. The summed E-state index contributed by atoms with van der Waals surface area (Å²) in [7, 11) is -3.73. The Morgan fingerprint density at radius 1 is 1.35 bits per heavy atom. The van der Waals surface area contributed by atoms with E-state index >= 15 is 0 Å². The molecule has 1 rings (SSSR count). The van der Waals surface area contributed by atoms with Crippen LogP contribution in [-0.4, -0.2) is 19.4 Å². The van der Waals surface area contributed by atoms with Crippen molar-refractivity contribution in [1.82, 2.24) is 9.71 Å². The van der Waals surface area contributed by atoms with Crippen LogP contribution in [0.15, 0.2) is 28.2 Å². The smallest absolute Gasteiger partial charge is 0.246 e. The van der Waals surface area contributed by atoms with Crippen LogP contribution in [0, 0.1) is 5.92 Å². The van der Waals surface area contributed by atoms with Crippen LogP contribution in [0.25, 0.3) is 0 Å². The van der Waals surface area contributed by atoms with Gasteiger partial charge in [0.1, 0.15) is 4.90 Å². The zero-order valence-electron chi connectivity index (χ0n) is 10.2. The van der Waals surface area contributed by atoms with Gasteiger partial charge in [-0.1, -0.05) is 13.8 Å². The zero-order valence-corrected chi connectivity index (χ0v) is 11.0. The number of pyridine rings is 1. The summed E-state index contributed by atoms with van der Waals surface area (Å²) in [6.45, 7) is 5.81. The Balaban J connectivity index is 2.90. The Kier molecular flexibility index (Phi) is 4.47. The Labute approximate surface area is 101 Å². The molecule has 1 unspecified atom stereocenters. The first-order chi connectivity index (χ1) is 7.83. The third-order valence-electron chi connectivity index (χ3n) is 2.26. The van der Waals surface area contributed by atoms with Gasteiger partial charge in [0, 0.05) is 24.5 Å². The van der Waals surface area contributed by atoms with Crippen LogP contribution >= 0.6 is 0 Å². The van der Waals surface area contributed by atoms with Crippen molar-refractivity contribution < 1.29 is 8.42 Å². The summed E-state index contributed by atoms with van der Waals surface area (Å²) in [5.41, 5.74) is -0.506. The van der Waals surface area contributed by atoms with Crippen LogP contribution < -0.4 is 10.2 Å². The zero-order chi connectivity index (χ0) is 13.1. The SMILES string of the molecule is CC(C)CC(C)NS(=O)(=O)c1c[nH]ccc1=O. The van der Waals surface area contributed by atoms with Crippen molar-refractivity contribution in [1.29, 1.82) is 0 Å². The normalized spacial score (nSPS) is 13.9. The number of aromatic amines is 1. The highest BCUT2D eigenvalue weighted by molar-refractivity contribution is 7.89. The van der Waals surface area contributed by atoms with Gasteiger partial charge in [-0.15, -0.1) is 0 Å². The molecule has 0 fully saturated rings. The molecule has 0 radical (unpaired) electrons. The van der Waals surface area contributed by atoms with Crippen LogP contribution in [0.5, 0.6) is 0 Å². The van der Waals surface area contributed by atoms with Crippen molar-refractivity contribution in [2.45, 2.75) is 38.1 Å². The second kappa shape index (κ2) is 5.46. The second-order valence-corrected chi connectivity index (χ2v) is 6.21. The fraction of sp³-hybridized carbons (Fsp3) is 0.545. The minimum atomic E-state index is -3.73. The van der Waals surface area contributed by atoms with E-state index in [0.29, 0.717) is 5.92 Å². The van der Waals surface area contributed by atoms with E-state index in [9.17, 15) is 13.2 Å². The molecule has 2 N–H and O–H groups in total. The van der Waals surface area contributed by atoms with E-state index in [1.54, 1.807) is 6.92 Å². The molecule has 5 nitrogen and oxygen atoms in total. The monoisotopic (exact) mass is 258 g/mol. The molecular weight excluding hydrogens is 240 g/mol. The lowest BCUT2D eigenvalue weighted by Gasteiger charge is -2.15. The fourth-order valence-corrected chi connectivity index (χ4v) is 3.00. The Morgan fingerprint density at radius 3 is 2.53 bits per heavy atom. The number of aromatic nitrogens is 1. The van der Waals surface area contributed by atoms with E-state index in [-0.39, 0.29) is 10.9 Å². The predicted octanol–water partition coefficient (Wildman–Crippen LogP) is 1.09.